The number of amides is 2. The molecule has 0 saturated heterocycles. The molecule has 122 valence electrons. The predicted molar refractivity (Wildman–Crippen MR) is 88.6 cm³/mol. The van der Waals surface area contributed by atoms with Crippen molar-refractivity contribution in [3.63, 3.8) is 0 Å². The summed E-state index contributed by atoms with van der Waals surface area (Å²) in [6.45, 7) is 0.125. The lowest BCUT2D eigenvalue weighted by Gasteiger charge is -2.30. The predicted octanol–water partition coefficient (Wildman–Crippen LogP) is 2.54. The fourth-order valence-electron chi connectivity index (χ4n) is 3.10. The average Bonchev–Trinajstić information content (AvgIpc) is 3.10. The van der Waals surface area contributed by atoms with E-state index in [1.807, 2.05) is 36.5 Å². The summed E-state index contributed by atoms with van der Waals surface area (Å²) in [5.41, 5.74) is 1.60. The lowest BCUT2D eigenvalue weighted by Crippen LogP contribution is -2.45. The summed E-state index contributed by atoms with van der Waals surface area (Å²) in [6.07, 6.45) is 7.67. The highest BCUT2D eigenvalue weighted by Gasteiger charge is 2.25. The molecule has 2 aromatic rings. The Morgan fingerprint density at radius 3 is 2.96 bits per heavy atom. The molecular weight excluding hydrogens is 292 g/mol. The molecule has 2 amide bonds. The highest BCUT2D eigenvalue weighted by molar-refractivity contribution is 5.89. The minimum absolute atomic E-state index is 0.0445. The Balaban J connectivity index is 1.62. The zero-order valence-corrected chi connectivity index (χ0v) is 13.0. The molecule has 1 aliphatic carbocycles. The van der Waals surface area contributed by atoms with E-state index in [2.05, 4.69) is 15.7 Å². The number of anilines is 1. The van der Waals surface area contributed by atoms with Crippen LogP contribution in [0.15, 0.2) is 42.7 Å². The summed E-state index contributed by atoms with van der Waals surface area (Å²) in [5, 5.41) is 19.5. The maximum absolute atomic E-state index is 12.2. The third kappa shape index (κ3) is 3.90. The third-order valence-electron chi connectivity index (χ3n) is 4.33. The molecule has 6 nitrogen and oxygen atoms in total. The quantitative estimate of drug-likeness (QED) is 0.811. The van der Waals surface area contributed by atoms with Crippen LogP contribution in [-0.4, -0.2) is 33.6 Å². The van der Waals surface area contributed by atoms with Gasteiger partial charge in [-0.25, -0.2) is 9.48 Å². The molecule has 23 heavy (non-hydrogen) atoms. The summed E-state index contributed by atoms with van der Waals surface area (Å²) < 4.78 is 1.74. The molecule has 1 heterocycles. The Morgan fingerprint density at radius 2 is 2.17 bits per heavy atom. The Kier molecular flexibility index (Phi) is 4.92. The molecule has 0 unspecified atom stereocenters. The fraction of sp³-hybridized carbons (Fsp3) is 0.412. The Morgan fingerprint density at radius 1 is 1.30 bits per heavy atom. The largest absolute Gasteiger partial charge is 0.396 e. The third-order valence-corrected chi connectivity index (χ3v) is 4.33. The second-order valence-electron chi connectivity index (χ2n) is 5.93. The number of aliphatic hydroxyl groups excluding tert-OH is 1. The highest BCUT2D eigenvalue weighted by Crippen LogP contribution is 2.24. The number of nitrogens with one attached hydrogen (secondary N) is 2. The van der Waals surface area contributed by atoms with Gasteiger partial charge in [0.1, 0.15) is 0 Å². The molecule has 1 aliphatic rings. The van der Waals surface area contributed by atoms with Crippen molar-refractivity contribution in [1.82, 2.24) is 15.1 Å². The molecule has 2 atom stereocenters. The molecule has 0 radical (unpaired) electrons. The van der Waals surface area contributed by atoms with E-state index in [0.29, 0.717) is 5.69 Å². The smallest absolute Gasteiger partial charge is 0.319 e. The van der Waals surface area contributed by atoms with Gasteiger partial charge in [-0.2, -0.15) is 5.10 Å². The van der Waals surface area contributed by atoms with Gasteiger partial charge in [0.2, 0.25) is 0 Å². The first-order valence-electron chi connectivity index (χ1n) is 8.05. The Labute approximate surface area is 135 Å². The normalized spacial score (nSPS) is 20.9. The first kappa shape index (κ1) is 15.6. The van der Waals surface area contributed by atoms with E-state index >= 15 is 0 Å². The van der Waals surface area contributed by atoms with Crippen LogP contribution in [0.3, 0.4) is 0 Å². The van der Waals surface area contributed by atoms with Gasteiger partial charge in [0.05, 0.1) is 5.69 Å². The molecule has 0 spiro atoms. The second kappa shape index (κ2) is 7.28. The van der Waals surface area contributed by atoms with Crippen LogP contribution in [0.2, 0.25) is 0 Å². The van der Waals surface area contributed by atoms with Gasteiger partial charge in [-0.1, -0.05) is 18.9 Å². The van der Waals surface area contributed by atoms with E-state index in [-0.39, 0.29) is 24.6 Å². The van der Waals surface area contributed by atoms with Crippen LogP contribution >= 0.6 is 0 Å². The number of hydrogen-bond donors (Lipinski definition) is 3. The van der Waals surface area contributed by atoms with E-state index in [0.717, 1.165) is 31.4 Å². The van der Waals surface area contributed by atoms with Crippen LogP contribution in [0.5, 0.6) is 0 Å². The van der Waals surface area contributed by atoms with Gasteiger partial charge in [-0.3, -0.25) is 0 Å². The van der Waals surface area contributed by atoms with Gasteiger partial charge >= 0.3 is 6.03 Å². The number of carbonyl (C=O) groups excluding carboxylic acids is 1. The standard InChI is InChI=1S/C17H22N4O2/c22-12-13-5-1-2-8-16(13)20-17(23)19-14-6-3-7-15(11-14)21-10-4-9-18-21/h3-4,6-7,9-11,13,16,22H,1-2,5,8,12H2,(H2,19,20,23)/t13-,16-/m1/s1. The molecule has 0 aliphatic heterocycles. The van der Waals surface area contributed by atoms with Gasteiger partial charge in [0.25, 0.3) is 0 Å². The van der Waals surface area contributed by atoms with Crippen LogP contribution in [0.1, 0.15) is 25.7 Å². The average molecular weight is 314 g/mol. The van der Waals surface area contributed by atoms with Crippen LogP contribution in [0.4, 0.5) is 10.5 Å². The van der Waals surface area contributed by atoms with Crippen LogP contribution in [0.25, 0.3) is 5.69 Å². The van der Waals surface area contributed by atoms with Crippen molar-refractivity contribution in [2.24, 2.45) is 5.92 Å². The topological polar surface area (TPSA) is 79.2 Å². The lowest BCUT2D eigenvalue weighted by molar-refractivity contribution is 0.156. The zero-order valence-electron chi connectivity index (χ0n) is 13.0. The summed E-state index contributed by atoms with van der Waals surface area (Å²) in [6, 6.07) is 9.19. The van der Waals surface area contributed by atoms with Crippen molar-refractivity contribution in [2.75, 3.05) is 11.9 Å². The molecule has 1 saturated carbocycles. The van der Waals surface area contributed by atoms with Crippen molar-refractivity contribution in [2.45, 2.75) is 31.7 Å². The van der Waals surface area contributed by atoms with Gasteiger partial charge in [-0.05, 0) is 37.1 Å². The minimum atomic E-state index is -0.229. The van der Waals surface area contributed by atoms with Crippen molar-refractivity contribution in [3.8, 4) is 5.69 Å². The van der Waals surface area contributed by atoms with Crippen molar-refractivity contribution in [3.05, 3.63) is 42.7 Å². The number of urea groups is 1. The number of aliphatic hydroxyl groups is 1. The zero-order chi connectivity index (χ0) is 16.1. The number of benzene rings is 1. The number of hydrogen-bond acceptors (Lipinski definition) is 3. The summed E-state index contributed by atoms with van der Waals surface area (Å²) in [7, 11) is 0. The van der Waals surface area contributed by atoms with Crippen molar-refractivity contribution < 1.29 is 9.90 Å². The summed E-state index contributed by atoms with van der Waals surface area (Å²) >= 11 is 0. The van der Waals surface area contributed by atoms with Gasteiger partial charge < -0.3 is 15.7 Å². The Hall–Kier alpha value is -2.34. The molecule has 1 aromatic carbocycles. The lowest BCUT2D eigenvalue weighted by atomic mass is 9.85. The number of aromatic nitrogens is 2. The van der Waals surface area contributed by atoms with E-state index in [1.54, 1.807) is 10.9 Å². The molecule has 1 aromatic heterocycles. The first-order chi connectivity index (χ1) is 11.3. The maximum Gasteiger partial charge on any atom is 0.319 e. The monoisotopic (exact) mass is 314 g/mol. The number of rotatable bonds is 4. The second-order valence-corrected chi connectivity index (χ2v) is 5.93. The maximum atomic E-state index is 12.2. The Bertz CT molecular complexity index is 642. The van der Waals surface area contributed by atoms with Crippen molar-refractivity contribution >= 4 is 11.7 Å². The summed E-state index contributed by atoms with van der Waals surface area (Å²) in [5.74, 6) is 0.157. The van der Waals surface area contributed by atoms with E-state index in [4.69, 9.17) is 0 Å². The van der Waals surface area contributed by atoms with Crippen LogP contribution in [0, 0.1) is 5.92 Å². The van der Waals surface area contributed by atoms with Crippen molar-refractivity contribution in [1.29, 1.82) is 0 Å². The molecule has 6 heteroatoms. The number of nitrogens with zero attached hydrogens (tertiary/aromatic N) is 2. The van der Waals surface area contributed by atoms with E-state index < -0.39 is 0 Å². The number of carbonyl (C=O) groups is 1. The van der Waals surface area contributed by atoms with E-state index in [9.17, 15) is 9.90 Å². The molecule has 1 fully saturated rings. The van der Waals surface area contributed by atoms with E-state index in [1.165, 1.54) is 0 Å². The molecule has 3 rings (SSSR count). The first-order valence-corrected chi connectivity index (χ1v) is 8.05. The molecular formula is C17H22N4O2. The van der Waals surface area contributed by atoms with Gasteiger partial charge in [0.15, 0.2) is 0 Å². The van der Waals surface area contributed by atoms with Gasteiger partial charge in [-0.15, -0.1) is 0 Å². The highest BCUT2D eigenvalue weighted by atomic mass is 16.3. The van der Waals surface area contributed by atoms with Crippen LogP contribution < -0.4 is 10.6 Å². The fourth-order valence-corrected chi connectivity index (χ4v) is 3.10. The molecule has 0 bridgehead atoms. The van der Waals surface area contributed by atoms with Crippen LogP contribution in [-0.2, 0) is 0 Å². The molecule has 3 N–H and O–H groups in total. The summed E-state index contributed by atoms with van der Waals surface area (Å²) in [4.78, 5) is 12.2. The van der Waals surface area contributed by atoms with Gasteiger partial charge in [0, 0.05) is 36.6 Å². The SMILES string of the molecule is O=C(Nc1cccc(-n2cccn2)c1)N[C@@H]1CCCC[C@@H]1CO. The minimum Gasteiger partial charge on any atom is -0.396 e.